The third-order valence-corrected chi connectivity index (χ3v) is 15.7. The van der Waals surface area contributed by atoms with Gasteiger partial charge in [-0.05, 0) is 102 Å². The molecule has 1 heterocycles. The van der Waals surface area contributed by atoms with E-state index >= 15 is 0 Å². The first-order chi connectivity index (χ1) is 48.4. The summed E-state index contributed by atoms with van der Waals surface area (Å²) in [6.45, 7) is -2.71. The number of carbonyl (C=O) groups excluding carboxylic acids is 4. The zero-order valence-electron chi connectivity index (χ0n) is 56.5. The van der Waals surface area contributed by atoms with Gasteiger partial charge >= 0.3 is 53.7 Å². The number of anilines is 1. The highest BCUT2D eigenvalue weighted by atomic mass is 16.5. The van der Waals surface area contributed by atoms with Crippen molar-refractivity contribution in [2.45, 2.75) is 115 Å². The zero-order chi connectivity index (χ0) is 75.5. The Hall–Kier alpha value is -10.2. The van der Waals surface area contributed by atoms with Crippen LogP contribution in [0.15, 0.2) is 51.7 Å². The van der Waals surface area contributed by atoms with Gasteiger partial charge in [-0.2, -0.15) is 0 Å². The van der Waals surface area contributed by atoms with Crippen LogP contribution in [0.25, 0.3) is 33.3 Å². The van der Waals surface area contributed by atoms with Gasteiger partial charge in [0.25, 0.3) is 5.91 Å². The van der Waals surface area contributed by atoms with E-state index in [2.05, 4.69) is 26.2 Å². The van der Waals surface area contributed by atoms with Gasteiger partial charge in [0.1, 0.15) is 40.6 Å². The summed E-state index contributed by atoms with van der Waals surface area (Å²) in [6.07, 6.45) is -0.370. The molecule has 4 amide bonds. The first-order valence-corrected chi connectivity index (χ1v) is 32.7. The third-order valence-electron chi connectivity index (χ3n) is 15.7. The molecule has 102 heavy (non-hydrogen) atoms. The number of rotatable bonds is 55. The number of benzene rings is 3. The lowest BCUT2D eigenvalue weighted by molar-refractivity contribution is -0.152. The van der Waals surface area contributed by atoms with Gasteiger partial charge in [-0.25, -0.2) is 4.98 Å². The minimum atomic E-state index is -1.74. The Kier molecular flexibility index (Phi) is 35.9. The number of carboxylic acid groups (broad SMARTS) is 9. The van der Waals surface area contributed by atoms with Crippen molar-refractivity contribution >= 4 is 105 Å². The molecule has 37 nitrogen and oxygen atoms in total. The molecule has 0 radical (unpaired) electrons. The van der Waals surface area contributed by atoms with Gasteiger partial charge in [0.2, 0.25) is 17.7 Å². The van der Waals surface area contributed by atoms with Crippen LogP contribution in [0.1, 0.15) is 90.9 Å². The minimum absolute atomic E-state index is 0.0122. The van der Waals surface area contributed by atoms with Crippen LogP contribution in [0.4, 0.5) is 5.69 Å². The Morgan fingerprint density at radius 1 is 0.490 bits per heavy atom. The van der Waals surface area contributed by atoms with E-state index in [1.54, 1.807) is 6.07 Å². The molecule has 0 fully saturated rings. The van der Waals surface area contributed by atoms with E-state index in [0.29, 0.717) is 22.2 Å². The maximum atomic E-state index is 14.3. The molecule has 0 saturated carbocycles. The molecule has 0 saturated heterocycles. The summed E-state index contributed by atoms with van der Waals surface area (Å²) < 4.78 is 30.2. The number of amides is 4. The van der Waals surface area contributed by atoms with Crippen molar-refractivity contribution in [1.82, 2.24) is 41.0 Å². The number of nitrogens with zero attached hydrogens (tertiary/aromatic N) is 5. The van der Waals surface area contributed by atoms with Crippen LogP contribution in [-0.2, 0) is 76.5 Å². The maximum Gasteiger partial charge on any atom is 0.320 e. The van der Waals surface area contributed by atoms with Gasteiger partial charge in [0.05, 0.1) is 78.9 Å². The lowest BCUT2D eigenvalue weighted by Crippen LogP contribution is -2.59. The van der Waals surface area contributed by atoms with E-state index < -0.39 is 167 Å². The molecular formula is C65H89N9O28. The molecule has 562 valence electrons. The highest BCUT2D eigenvalue weighted by molar-refractivity contribution is 5.97. The molecule has 3 atom stereocenters. The number of hydrogen-bond donors (Lipinski definition) is 13. The normalized spacial score (nSPS) is 12.9. The average Bonchev–Trinajstić information content (AvgIpc) is 0.755. The number of fused-ring (bicyclic) bond motifs is 4. The van der Waals surface area contributed by atoms with Crippen molar-refractivity contribution < 1.29 is 132 Å². The van der Waals surface area contributed by atoms with Crippen molar-refractivity contribution in [3.05, 3.63) is 52.7 Å². The quantitative estimate of drug-likeness (QED) is 0.0161. The molecule has 4 rings (SSSR count). The monoisotopic (exact) mass is 1440 g/mol. The van der Waals surface area contributed by atoms with Crippen molar-refractivity contribution in [2.75, 3.05) is 123 Å². The van der Waals surface area contributed by atoms with E-state index in [9.17, 15) is 113 Å². The molecule has 2 aliphatic rings. The Morgan fingerprint density at radius 3 is 1.25 bits per heavy atom. The molecule has 0 spiro atoms. The topological polar surface area (TPSA) is 545 Å². The molecule has 1 aliphatic carbocycles. The number of aliphatic carboxylic acids is 9. The first-order valence-electron chi connectivity index (χ1n) is 32.7. The van der Waals surface area contributed by atoms with Crippen molar-refractivity contribution in [2.24, 2.45) is 0 Å². The summed E-state index contributed by atoms with van der Waals surface area (Å²) in [5.74, 6) is -15.1. The number of hydrogen-bond acceptors (Lipinski definition) is 24. The van der Waals surface area contributed by atoms with E-state index in [1.807, 2.05) is 26.0 Å². The van der Waals surface area contributed by atoms with Gasteiger partial charge in [-0.3, -0.25) is 81.8 Å². The molecule has 13 N–H and O–H groups in total. The second kappa shape index (κ2) is 43.5. The van der Waals surface area contributed by atoms with Crippen LogP contribution in [0.2, 0.25) is 0 Å². The molecule has 3 unspecified atom stereocenters. The lowest BCUT2D eigenvalue weighted by atomic mass is 10.0. The molecule has 1 aliphatic heterocycles. The predicted octanol–water partition coefficient (Wildman–Crippen LogP) is 0.379. The number of carboxylic acids is 9. The van der Waals surface area contributed by atoms with Crippen LogP contribution >= 0.6 is 0 Å². The molecule has 2 aromatic carbocycles. The van der Waals surface area contributed by atoms with Crippen molar-refractivity contribution in [3.8, 4) is 17.2 Å². The average molecular weight is 1440 g/mol. The Labute approximate surface area is 583 Å². The van der Waals surface area contributed by atoms with E-state index in [4.69, 9.17) is 28.3 Å². The second-order valence-electron chi connectivity index (χ2n) is 23.7. The number of unbranched alkanes of at least 4 members (excludes halogenated alkanes) is 3. The number of ether oxygens (including phenoxy) is 4. The fourth-order valence-electron chi connectivity index (χ4n) is 10.9. The summed E-state index contributed by atoms with van der Waals surface area (Å²) in [5, 5.41) is 96.0. The van der Waals surface area contributed by atoms with Crippen molar-refractivity contribution in [3.63, 3.8) is 0 Å². The van der Waals surface area contributed by atoms with E-state index in [-0.39, 0.29) is 139 Å². The van der Waals surface area contributed by atoms with Gasteiger partial charge in [-0.1, -0.05) is 0 Å². The van der Waals surface area contributed by atoms with Gasteiger partial charge in [0.15, 0.2) is 23.4 Å². The predicted molar refractivity (Wildman–Crippen MR) is 356 cm³/mol. The van der Waals surface area contributed by atoms with Crippen LogP contribution in [0.3, 0.4) is 0 Å². The molecule has 2 aromatic rings. The zero-order valence-corrected chi connectivity index (χ0v) is 56.5. The second-order valence-corrected chi connectivity index (χ2v) is 23.7. The summed E-state index contributed by atoms with van der Waals surface area (Å²) in [6, 6.07) is 6.94. The van der Waals surface area contributed by atoms with Crippen LogP contribution < -0.4 is 36.3 Å². The van der Waals surface area contributed by atoms with E-state index in [0.717, 1.165) is 33.5 Å². The van der Waals surface area contributed by atoms with Gasteiger partial charge in [-0.15, -0.1) is 0 Å². The van der Waals surface area contributed by atoms with Gasteiger partial charge in [0, 0.05) is 80.6 Å². The standard InChI is InChI=1S/C65H89N9O28/c1-3-71(4-2)40-14-17-44-49(27-40)102-50-29-48(75)42-16-15-41(28-43(42)61(50)69-44)101-36-54(79)70-65(37-98-24-18-51(76)66-21-8-5-11-45(62(92)93)72(30-55(80)81)31-56(82)83,38-99-25-19-52(77)67-22-9-6-12-46(63(94)95)73(32-57(84)85)33-58(86)87)39-100-26-20-53(78)68-23-10-7-13-47(64(96)97)74(34-59(88)89)35-60(90)91/h14-17,27-29,45-47H,3-13,18-26,30-39H2,1-2H3,(H,66,76)(H,67,77)(H,68,78)(H,70,79)(H,80,81)(H,82,83)(H,84,85)(H,86,87)(H,88,89)(H,90,91)(H,92,93)(H,94,95)(H,96,97). The minimum Gasteiger partial charge on any atom is -0.484 e. The Morgan fingerprint density at radius 2 is 0.882 bits per heavy atom. The Balaban J connectivity index is 1.55. The van der Waals surface area contributed by atoms with Crippen LogP contribution in [-0.4, -0.2) is 285 Å². The van der Waals surface area contributed by atoms with Crippen LogP contribution in [0, 0.1) is 0 Å². The Bertz CT molecular complexity index is 3310. The molecular weight excluding hydrogens is 1350 g/mol. The van der Waals surface area contributed by atoms with Crippen molar-refractivity contribution in [1.29, 1.82) is 0 Å². The largest absolute Gasteiger partial charge is 0.484 e. The first kappa shape index (κ1) is 84.2. The van der Waals surface area contributed by atoms with E-state index in [1.165, 1.54) is 24.3 Å². The fourth-order valence-corrected chi connectivity index (χ4v) is 10.9. The lowest BCUT2D eigenvalue weighted by Gasteiger charge is -2.34. The summed E-state index contributed by atoms with van der Waals surface area (Å²) >= 11 is 0. The summed E-state index contributed by atoms with van der Waals surface area (Å²) in [7, 11) is 0. The summed E-state index contributed by atoms with van der Waals surface area (Å²) in [4.78, 5) is 180. The fraction of sp³-hybridized carbons (Fsp3) is 0.554. The summed E-state index contributed by atoms with van der Waals surface area (Å²) in [5.41, 5.74) is 0.00958. The SMILES string of the molecule is CCN(CC)c1ccc2nc3c4cc(OCC(=O)NC(COCCC(=O)NCCCCC(C(=O)O)N(CC(=O)O)CC(=O)O)(COCCC(=O)NCCCCC(C(=O)O)N(CC(=O)O)CC(=O)O)COCCC(=O)NCCCCC(C(=O)O)N(CC(=O)O)CC(=O)O)ccc4c(=O)cc-3oc2c1. The number of aromatic nitrogens is 1. The molecule has 0 bridgehead atoms. The van der Waals surface area contributed by atoms with Crippen LogP contribution in [0.5, 0.6) is 5.75 Å². The highest BCUT2D eigenvalue weighted by Crippen LogP contribution is 2.34. The number of nitrogens with one attached hydrogen (secondary N) is 4. The molecule has 37 heteroatoms. The maximum absolute atomic E-state index is 14.3. The third kappa shape index (κ3) is 29.9. The number of carbonyl (C=O) groups is 13. The highest BCUT2D eigenvalue weighted by Gasteiger charge is 2.36. The van der Waals surface area contributed by atoms with Gasteiger partial charge < -0.3 is 95.5 Å². The molecule has 0 aromatic heterocycles. The smallest absolute Gasteiger partial charge is 0.320 e.